The molecule has 0 radical (unpaired) electrons. The van der Waals surface area contributed by atoms with Crippen LogP contribution in [0.2, 0.25) is 0 Å². The van der Waals surface area contributed by atoms with Gasteiger partial charge in [-0.05, 0) is 31.5 Å². The van der Waals surface area contributed by atoms with Gasteiger partial charge in [-0.3, -0.25) is 0 Å². The molecule has 1 heterocycles. The summed E-state index contributed by atoms with van der Waals surface area (Å²) in [7, 11) is 0. The fourth-order valence-corrected chi connectivity index (χ4v) is 2.61. The second kappa shape index (κ2) is 6.02. The Morgan fingerprint density at radius 1 is 1.44 bits per heavy atom. The standard InChI is InChI=1S/C13H18N4S/c1-3-17-13(15-9-16-17)8-18-12-6-4-5-11(7-12)10(2)14/h4-7,9-10H,3,8,14H2,1-2H3. The van der Waals surface area contributed by atoms with Crippen LogP contribution in [0.25, 0.3) is 0 Å². The first-order chi connectivity index (χ1) is 8.70. The Bertz CT molecular complexity index is 507. The molecule has 0 spiro atoms. The van der Waals surface area contributed by atoms with Gasteiger partial charge in [0, 0.05) is 17.5 Å². The Labute approximate surface area is 112 Å². The van der Waals surface area contributed by atoms with Gasteiger partial charge in [-0.2, -0.15) is 5.10 Å². The molecule has 4 nitrogen and oxygen atoms in total. The number of hydrogen-bond acceptors (Lipinski definition) is 4. The van der Waals surface area contributed by atoms with Crippen LogP contribution >= 0.6 is 11.8 Å². The second-order valence-corrected chi connectivity index (χ2v) is 5.19. The minimum Gasteiger partial charge on any atom is -0.324 e. The van der Waals surface area contributed by atoms with Crippen molar-refractivity contribution >= 4 is 11.8 Å². The number of nitrogens with two attached hydrogens (primary N) is 1. The highest BCUT2D eigenvalue weighted by molar-refractivity contribution is 7.98. The van der Waals surface area contributed by atoms with Crippen molar-refractivity contribution in [3.8, 4) is 0 Å². The molecular weight excluding hydrogens is 244 g/mol. The van der Waals surface area contributed by atoms with Gasteiger partial charge in [-0.15, -0.1) is 11.8 Å². The molecule has 1 aromatic heterocycles. The first kappa shape index (κ1) is 13.1. The van der Waals surface area contributed by atoms with E-state index in [1.165, 1.54) is 4.90 Å². The Morgan fingerprint density at radius 2 is 2.28 bits per heavy atom. The van der Waals surface area contributed by atoms with Crippen LogP contribution in [0.15, 0.2) is 35.5 Å². The predicted octanol–water partition coefficient (Wildman–Crippen LogP) is 2.61. The summed E-state index contributed by atoms with van der Waals surface area (Å²) in [6.07, 6.45) is 1.61. The van der Waals surface area contributed by atoms with Crippen LogP contribution in [0.3, 0.4) is 0 Å². The normalized spacial score (nSPS) is 12.6. The summed E-state index contributed by atoms with van der Waals surface area (Å²) < 4.78 is 1.92. The number of benzene rings is 1. The van der Waals surface area contributed by atoms with E-state index in [2.05, 4.69) is 35.2 Å². The topological polar surface area (TPSA) is 56.7 Å². The van der Waals surface area contributed by atoms with Crippen molar-refractivity contribution in [1.29, 1.82) is 0 Å². The fraction of sp³-hybridized carbons (Fsp3) is 0.385. The highest BCUT2D eigenvalue weighted by atomic mass is 32.2. The SMILES string of the molecule is CCn1ncnc1CSc1cccc(C(C)N)c1. The highest BCUT2D eigenvalue weighted by Crippen LogP contribution is 2.24. The minimum absolute atomic E-state index is 0.0739. The van der Waals surface area contributed by atoms with Gasteiger partial charge in [0.05, 0.1) is 5.75 Å². The molecule has 0 fully saturated rings. The van der Waals surface area contributed by atoms with E-state index in [-0.39, 0.29) is 6.04 Å². The van der Waals surface area contributed by atoms with Gasteiger partial charge in [0.15, 0.2) is 0 Å². The van der Waals surface area contributed by atoms with Gasteiger partial charge in [0.1, 0.15) is 12.2 Å². The van der Waals surface area contributed by atoms with E-state index in [9.17, 15) is 0 Å². The fourth-order valence-electron chi connectivity index (χ4n) is 1.70. The van der Waals surface area contributed by atoms with E-state index in [0.717, 1.165) is 23.7 Å². The lowest BCUT2D eigenvalue weighted by Crippen LogP contribution is -2.04. The molecule has 2 aromatic rings. The molecule has 0 amide bonds. The van der Waals surface area contributed by atoms with Crippen LogP contribution in [-0.4, -0.2) is 14.8 Å². The van der Waals surface area contributed by atoms with Gasteiger partial charge in [0.25, 0.3) is 0 Å². The van der Waals surface area contributed by atoms with Gasteiger partial charge >= 0.3 is 0 Å². The van der Waals surface area contributed by atoms with E-state index in [1.54, 1.807) is 18.1 Å². The number of hydrogen-bond donors (Lipinski definition) is 1. The van der Waals surface area contributed by atoms with Crippen LogP contribution in [0.1, 0.15) is 31.3 Å². The summed E-state index contributed by atoms with van der Waals surface area (Å²) in [4.78, 5) is 5.48. The quantitative estimate of drug-likeness (QED) is 0.842. The molecule has 18 heavy (non-hydrogen) atoms. The summed E-state index contributed by atoms with van der Waals surface area (Å²) in [6, 6.07) is 8.42. The van der Waals surface area contributed by atoms with E-state index in [0.29, 0.717) is 0 Å². The molecule has 2 rings (SSSR count). The zero-order chi connectivity index (χ0) is 13.0. The predicted molar refractivity (Wildman–Crippen MR) is 74.3 cm³/mol. The Morgan fingerprint density at radius 3 is 3.00 bits per heavy atom. The summed E-state index contributed by atoms with van der Waals surface area (Å²) in [5.41, 5.74) is 7.05. The monoisotopic (exact) mass is 262 g/mol. The first-order valence-electron chi connectivity index (χ1n) is 6.05. The number of rotatable bonds is 5. The van der Waals surface area contributed by atoms with Crippen molar-refractivity contribution in [3.63, 3.8) is 0 Å². The van der Waals surface area contributed by atoms with Gasteiger partial charge in [-0.1, -0.05) is 12.1 Å². The number of aromatic nitrogens is 3. The van der Waals surface area contributed by atoms with Crippen molar-refractivity contribution in [3.05, 3.63) is 42.0 Å². The largest absolute Gasteiger partial charge is 0.324 e. The Balaban J connectivity index is 2.04. The highest BCUT2D eigenvalue weighted by Gasteiger charge is 2.05. The first-order valence-corrected chi connectivity index (χ1v) is 7.04. The van der Waals surface area contributed by atoms with Crippen LogP contribution in [0.5, 0.6) is 0 Å². The van der Waals surface area contributed by atoms with Crippen molar-refractivity contribution in [1.82, 2.24) is 14.8 Å². The smallest absolute Gasteiger partial charge is 0.138 e. The summed E-state index contributed by atoms with van der Waals surface area (Å²) >= 11 is 1.76. The third-order valence-corrected chi connectivity index (χ3v) is 3.74. The van der Waals surface area contributed by atoms with Crippen molar-refractivity contribution in [2.45, 2.75) is 37.1 Å². The van der Waals surface area contributed by atoms with Gasteiger partial charge in [0.2, 0.25) is 0 Å². The average molecular weight is 262 g/mol. The molecule has 0 saturated heterocycles. The molecule has 5 heteroatoms. The third kappa shape index (κ3) is 3.11. The van der Waals surface area contributed by atoms with Crippen LogP contribution in [-0.2, 0) is 12.3 Å². The van der Waals surface area contributed by atoms with E-state index in [1.807, 2.05) is 17.7 Å². The maximum atomic E-state index is 5.88. The van der Waals surface area contributed by atoms with Crippen molar-refractivity contribution in [2.24, 2.45) is 5.73 Å². The lowest BCUT2D eigenvalue weighted by molar-refractivity contribution is 0.632. The van der Waals surface area contributed by atoms with Crippen LogP contribution < -0.4 is 5.73 Å². The lowest BCUT2D eigenvalue weighted by atomic mass is 10.1. The lowest BCUT2D eigenvalue weighted by Gasteiger charge is -2.08. The Kier molecular flexibility index (Phi) is 4.38. The van der Waals surface area contributed by atoms with Crippen molar-refractivity contribution < 1.29 is 0 Å². The summed E-state index contributed by atoms with van der Waals surface area (Å²) in [6.45, 7) is 4.92. The van der Waals surface area contributed by atoms with Gasteiger partial charge < -0.3 is 5.73 Å². The molecule has 1 unspecified atom stereocenters. The maximum absolute atomic E-state index is 5.88. The molecule has 0 aliphatic rings. The molecule has 1 atom stereocenters. The van der Waals surface area contributed by atoms with E-state index < -0.39 is 0 Å². The van der Waals surface area contributed by atoms with Gasteiger partial charge in [-0.25, -0.2) is 9.67 Å². The second-order valence-electron chi connectivity index (χ2n) is 4.14. The molecule has 0 aliphatic carbocycles. The molecule has 0 aliphatic heterocycles. The number of thioether (sulfide) groups is 1. The maximum Gasteiger partial charge on any atom is 0.138 e. The van der Waals surface area contributed by atoms with E-state index in [4.69, 9.17) is 5.73 Å². The molecule has 0 bridgehead atoms. The Hall–Kier alpha value is -1.33. The number of aryl methyl sites for hydroxylation is 1. The van der Waals surface area contributed by atoms with Crippen LogP contribution in [0, 0.1) is 0 Å². The zero-order valence-electron chi connectivity index (χ0n) is 10.7. The van der Waals surface area contributed by atoms with E-state index >= 15 is 0 Å². The molecule has 0 saturated carbocycles. The molecule has 2 N–H and O–H groups in total. The van der Waals surface area contributed by atoms with Crippen LogP contribution in [0.4, 0.5) is 0 Å². The minimum atomic E-state index is 0.0739. The average Bonchev–Trinajstić information content (AvgIpc) is 2.84. The summed E-state index contributed by atoms with van der Waals surface area (Å²) in [5.74, 6) is 1.84. The molecule has 1 aromatic carbocycles. The third-order valence-electron chi connectivity index (χ3n) is 2.75. The summed E-state index contributed by atoms with van der Waals surface area (Å²) in [5, 5.41) is 4.16. The zero-order valence-corrected chi connectivity index (χ0v) is 11.5. The number of nitrogens with zero attached hydrogens (tertiary/aromatic N) is 3. The molecule has 96 valence electrons. The van der Waals surface area contributed by atoms with Crippen molar-refractivity contribution in [2.75, 3.05) is 0 Å². The molecular formula is C13H18N4S.